The van der Waals surface area contributed by atoms with Crippen LogP contribution in [0.15, 0.2) is 15.5 Å². The molecule has 0 bridgehead atoms. The molecule has 0 atom stereocenters. The van der Waals surface area contributed by atoms with Crippen molar-refractivity contribution < 1.29 is 0 Å². The van der Waals surface area contributed by atoms with Crippen LogP contribution in [0.5, 0.6) is 0 Å². The van der Waals surface area contributed by atoms with E-state index in [0.717, 1.165) is 25.2 Å². The van der Waals surface area contributed by atoms with E-state index in [1.807, 2.05) is 0 Å². The summed E-state index contributed by atoms with van der Waals surface area (Å²) in [5, 5.41) is 7.55. The molecule has 0 saturated carbocycles. The van der Waals surface area contributed by atoms with Crippen molar-refractivity contribution in [3.63, 3.8) is 0 Å². The SMILES string of the molecule is CC(C)Cn1ncc(NCCCN2CCCC2)c(Br)c1=O. The van der Waals surface area contributed by atoms with Crippen molar-refractivity contribution in [1.29, 1.82) is 0 Å². The maximum absolute atomic E-state index is 12.2. The molecule has 1 aromatic heterocycles. The summed E-state index contributed by atoms with van der Waals surface area (Å²) in [6.45, 7) is 9.26. The molecule has 1 aliphatic rings. The van der Waals surface area contributed by atoms with E-state index in [1.54, 1.807) is 6.20 Å². The molecule has 0 aliphatic carbocycles. The molecule has 2 heterocycles. The molecule has 6 heteroatoms. The number of hydrogen-bond donors (Lipinski definition) is 1. The van der Waals surface area contributed by atoms with Gasteiger partial charge in [-0.25, -0.2) is 4.68 Å². The van der Waals surface area contributed by atoms with Gasteiger partial charge in [0.1, 0.15) is 4.47 Å². The quantitative estimate of drug-likeness (QED) is 0.762. The standard InChI is InChI=1S/C15H25BrN4O/c1-12(2)11-20-15(21)14(16)13(10-18-20)17-6-5-9-19-7-3-4-8-19/h10,12,17H,3-9,11H2,1-2H3. The van der Waals surface area contributed by atoms with Crippen LogP contribution in [0.25, 0.3) is 0 Å². The number of hydrogen-bond acceptors (Lipinski definition) is 4. The van der Waals surface area contributed by atoms with Gasteiger partial charge in [-0.15, -0.1) is 0 Å². The third-order valence-electron chi connectivity index (χ3n) is 3.69. The Morgan fingerprint density at radius 2 is 2.10 bits per heavy atom. The maximum atomic E-state index is 12.2. The third-order valence-corrected chi connectivity index (χ3v) is 4.45. The fourth-order valence-corrected chi connectivity index (χ4v) is 3.04. The van der Waals surface area contributed by atoms with E-state index in [-0.39, 0.29) is 5.56 Å². The zero-order chi connectivity index (χ0) is 15.2. The van der Waals surface area contributed by atoms with Gasteiger partial charge in [0, 0.05) is 13.1 Å². The Morgan fingerprint density at radius 1 is 1.38 bits per heavy atom. The predicted molar refractivity (Wildman–Crippen MR) is 89.8 cm³/mol. The minimum Gasteiger partial charge on any atom is -0.383 e. The lowest BCUT2D eigenvalue weighted by atomic mass is 10.2. The summed E-state index contributed by atoms with van der Waals surface area (Å²) in [5.41, 5.74) is 0.731. The lowest BCUT2D eigenvalue weighted by Gasteiger charge is -2.15. The van der Waals surface area contributed by atoms with Crippen LogP contribution in [-0.2, 0) is 6.54 Å². The molecular weight excluding hydrogens is 332 g/mol. The Bertz CT molecular complexity index is 509. The number of aromatic nitrogens is 2. The van der Waals surface area contributed by atoms with Crippen LogP contribution in [0.4, 0.5) is 5.69 Å². The van der Waals surface area contributed by atoms with Crippen LogP contribution < -0.4 is 10.9 Å². The molecule has 0 spiro atoms. The van der Waals surface area contributed by atoms with Crippen LogP contribution in [0, 0.1) is 5.92 Å². The Balaban J connectivity index is 1.85. The van der Waals surface area contributed by atoms with Gasteiger partial charge in [-0.2, -0.15) is 5.10 Å². The second-order valence-corrected chi connectivity index (χ2v) is 6.88. The van der Waals surface area contributed by atoms with Gasteiger partial charge < -0.3 is 10.2 Å². The second-order valence-electron chi connectivity index (χ2n) is 6.08. The van der Waals surface area contributed by atoms with Crippen molar-refractivity contribution in [3.05, 3.63) is 21.0 Å². The Hall–Kier alpha value is -0.880. The second kappa shape index (κ2) is 7.94. The van der Waals surface area contributed by atoms with Crippen molar-refractivity contribution in [1.82, 2.24) is 14.7 Å². The van der Waals surface area contributed by atoms with E-state index in [1.165, 1.54) is 30.6 Å². The zero-order valence-corrected chi connectivity index (χ0v) is 14.5. The normalized spacial score (nSPS) is 15.8. The van der Waals surface area contributed by atoms with Crippen molar-refractivity contribution in [2.45, 2.75) is 39.7 Å². The van der Waals surface area contributed by atoms with Gasteiger partial charge in [0.15, 0.2) is 0 Å². The highest BCUT2D eigenvalue weighted by Gasteiger charge is 2.11. The molecule has 21 heavy (non-hydrogen) atoms. The molecule has 1 aliphatic heterocycles. The largest absolute Gasteiger partial charge is 0.383 e. The van der Waals surface area contributed by atoms with Crippen molar-refractivity contribution in [2.75, 3.05) is 31.5 Å². The van der Waals surface area contributed by atoms with Crippen molar-refractivity contribution in [3.8, 4) is 0 Å². The monoisotopic (exact) mass is 356 g/mol. The summed E-state index contributed by atoms with van der Waals surface area (Å²) in [6, 6.07) is 0. The Morgan fingerprint density at radius 3 is 2.76 bits per heavy atom. The first-order chi connectivity index (χ1) is 10.1. The van der Waals surface area contributed by atoms with Gasteiger partial charge >= 0.3 is 0 Å². The minimum atomic E-state index is -0.0618. The van der Waals surface area contributed by atoms with E-state index in [4.69, 9.17) is 0 Å². The summed E-state index contributed by atoms with van der Waals surface area (Å²) in [5.74, 6) is 0.404. The third kappa shape index (κ3) is 4.81. The van der Waals surface area contributed by atoms with Gasteiger partial charge in [0.05, 0.1) is 11.9 Å². The molecule has 118 valence electrons. The average molecular weight is 357 g/mol. The summed E-state index contributed by atoms with van der Waals surface area (Å²) in [6.07, 6.45) is 5.49. The first-order valence-electron chi connectivity index (χ1n) is 7.80. The lowest BCUT2D eigenvalue weighted by Crippen LogP contribution is -2.27. The number of likely N-dealkylation sites (tertiary alicyclic amines) is 1. The molecule has 0 aromatic carbocycles. The summed E-state index contributed by atoms with van der Waals surface area (Å²) in [7, 11) is 0. The van der Waals surface area contributed by atoms with Crippen LogP contribution in [-0.4, -0.2) is 40.9 Å². The van der Waals surface area contributed by atoms with Crippen LogP contribution in [0.1, 0.15) is 33.1 Å². The molecule has 1 saturated heterocycles. The van der Waals surface area contributed by atoms with E-state index >= 15 is 0 Å². The van der Waals surface area contributed by atoms with Gasteiger partial charge in [0.25, 0.3) is 5.56 Å². The first kappa shape index (κ1) is 16.5. The summed E-state index contributed by atoms with van der Waals surface area (Å²) >= 11 is 3.39. The minimum absolute atomic E-state index is 0.0618. The molecule has 1 N–H and O–H groups in total. The number of halogens is 1. The van der Waals surface area contributed by atoms with Crippen molar-refractivity contribution >= 4 is 21.6 Å². The number of anilines is 1. The first-order valence-corrected chi connectivity index (χ1v) is 8.59. The van der Waals surface area contributed by atoms with Crippen LogP contribution in [0.3, 0.4) is 0 Å². The molecule has 5 nitrogen and oxygen atoms in total. The maximum Gasteiger partial charge on any atom is 0.283 e. The highest BCUT2D eigenvalue weighted by molar-refractivity contribution is 9.10. The number of rotatable bonds is 7. The van der Waals surface area contributed by atoms with E-state index in [9.17, 15) is 4.79 Å². The smallest absolute Gasteiger partial charge is 0.283 e. The summed E-state index contributed by atoms with van der Waals surface area (Å²) in [4.78, 5) is 14.7. The summed E-state index contributed by atoms with van der Waals surface area (Å²) < 4.78 is 2.10. The Labute approximate surface area is 134 Å². The van der Waals surface area contributed by atoms with Gasteiger partial charge in [-0.3, -0.25) is 4.79 Å². The Kier molecular flexibility index (Phi) is 6.23. The molecule has 0 radical (unpaired) electrons. The van der Waals surface area contributed by atoms with Crippen LogP contribution >= 0.6 is 15.9 Å². The average Bonchev–Trinajstić information content (AvgIpc) is 2.95. The van der Waals surface area contributed by atoms with E-state index < -0.39 is 0 Å². The molecule has 0 amide bonds. The highest BCUT2D eigenvalue weighted by atomic mass is 79.9. The van der Waals surface area contributed by atoms with Crippen molar-refractivity contribution in [2.24, 2.45) is 5.92 Å². The van der Waals surface area contributed by atoms with Gasteiger partial charge in [-0.1, -0.05) is 13.8 Å². The van der Waals surface area contributed by atoms with Gasteiger partial charge in [-0.05, 0) is 60.7 Å². The fraction of sp³-hybridized carbons (Fsp3) is 0.733. The van der Waals surface area contributed by atoms with E-state index in [0.29, 0.717) is 16.9 Å². The topological polar surface area (TPSA) is 50.2 Å². The highest BCUT2D eigenvalue weighted by Crippen LogP contribution is 2.16. The molecule has 1 fully saturated rings. The zero-order valence-electron chi connectivity index (χ0n) is 12.9. The lowest BCUT2D eigenvalue weighted by molar-refractivity contribution is 0.337. The molecule has 1 aromatic rings. The van der Waals surface area contributed by atoms with E-state index in [2.05, 4.69) is 45.1 Å². The molecular formula is C15H25BrN4O. The number of nitrogens with zero attached hydrogens (tertiary/aromatic N) is 3. The van der Waals surface area contributed by atoms with Gasteiger partial charge in [0.2, 0.25) is 0 Å². The molecule has 0 unspecified atom stereocenters. The van der Waals surface area contributed by atoms with Crippen LogP contribution in [0.2, 0.25) is 0 Å². The fourth-order valence-electron chi connectivity index (χ4n) is 2.60. The molecule has 2 rings (SSSR count). The predicted octanol–water partition coefficient (Wildman–Crippen LogP) is 2.56. The number of nitrogens with one attached hydrogen (secondary N) is 1.